The van der Waals surface area contributed by atoms with E-state index in [0.717, 1.165) is 0 Å². The van der Waals surface area contributed by atoms with Crippen LogP contribution in [-0.4, -0.2) is 41.4 Å². The number of amides is 1. The van der Waals surface area contributed by atoms with Gasteiger partial charge in [0, 0.05) is 5.56 Å². The summed E-state index contributed by atoms with van der Waals surface area (Å²) >= 11 is 0. The molecule has 1 atom stereocenters. The van der Waals surface area contributed by atoms with Crippen LogP contribution < -0.4 is 16.8 Å². The summed E-state index contributed by atoms with van der Waals surface area (Å²) in [7, 11) is 0. The van der Waals surface area contributed by atoms with Gasteiger partial charge in [0.15, 0.2) is 11.3 Å². The summed E-state index contributed by atoms with van der Waals surface area (Å²) in [5.41, 5.74) is 9.44. The number of nitrogens with one attached hydrogen (secondary N) is 1. The van der Waals surface area contributed by atoms with Gasteiger partial charge >= 0.3 is 5.97 Å². The molecule has 0 saturated heterocycles. The van der Waals surface area contributed by atoms with Gasteiger partial charge in [-0.05, 0) is 37.9 Å². The summed E-state index contributed by atoms with van der Waals surface area (Å²) < 4.78 is 0. The number of hydrogen-bond acceptors (Lipinski definition) is 5. The first-order valence-electron chi connectivity index (χ1n) is 7.00. The summed E-state index contributed by atoms with van der Waals surface area (Å²) in [5, 5.41) is 11.6. The van der Waals surface area contributed by atoms with Crippen LogP contribution in [0.15, 0.2) is 30.3 Å². The number of rotatable bonds is 9. The van der Waals surface area contributed by atoms with Gasteiger partial charge in [-0.2, -0.15) is 0 Å². The SMILES string of the molecule is NCCCC[C@](N)(C(=O)O)C(=O)CNC(=O)c1ccccc1. The third-order valence-electron chi connectivity index (χ3n) is 3.35. The molecule has 0 spiro atoms. The van der Waals surface area contributed by atoms with Crippen LogP contribution in [0.4, 0.5) is 0 Å². The van der Waals surface area contributed by atoms with Gasteiger partial charge in [0.05, 0.1) is 6.54 Å². The molecule has 7 nitrogen and oxygen atoms in total. The van der Waals surface area contributed by atoms with Crippen molar-refractivity contribution in [2.24, 2.45) is 11.5 Å². The molecule has 1 amide bonds. The highest BCUT2D eigenvalue weighted by atomic mass is 16.4. The molecule has 6 N–H and O–H groups in total. The van der Waals surface area contributed by atoms with E-state index in [2.05, 4.69) is 5.32 Å². The minimum atomic E-state index is -2.00. The second kappa shape index (κ2) is 8.26. The van der Waals surface area contributed by atoms with Crippen molar-refractivity contribution >= 4 is 17.7 Å². The number of hydrogen-bond donors (Lipinski definition) is 4. The van der Waals surface area contributed by atoms with Gasteiger partial charge in [-0.25, -0.2) is 4.79 Å². The van der Waals surface area contributed by atoms with Crippen molar-refractivity contribution in [3.05, 3.63) is 35.9 Å². The molecule has 0 aromatic heterocycles. The molecule has 0 aliphatic rings. The number of carboxylic acids is 1. The molecule has 1 rings (SSSR count). The Bertz CT molecular complexity index is 533. The Morgan fingerprint density at radius 3 is 2.32 bits per heavy atom. The van der Waals surface area contributed by atoms with Crippen LogP contribution in [0.5, 0.6) is 0 Å². The van der Waals surface area contributed by atoms with Crippen molar-refractivity contribution in [3.8, 4) is 0 Å². The van der Waals surface area contributed by atoms with E-state index in [9.17, 15) is 19.5 Å². The molecular formula is C15H21N3O4. The highest BCUT2D eigenvalue weighted by molar-refractivity contribution is 6.09. The molecule has 0 aliphatic carbocycles. The molecule has 0 aliphatic heterocycles. The van der Waals surface area contributed by atoms with Crippen LogP contribution in [0, 0.1) is 0 Å². The van der Waals surface area contributed by atoms with Crippen molar-refractivity contribution in [1.82, 2.24) is 5.32 Å². The molecule has 0 fully saturated rings. The normalized spacial score (nSPS) is 13.2. The maximum atomic E-state index is 12.1. The number of ketones is 1. The lowest BCUT2D eigenvalue weighted by atomic mass is 9.89. The standard InChI is InChI=1S/C15H21N3O4/c16-9-5-4-8-15(17,14(21)22)12(19)10-18-13(20)11-6-2-1-3-7-11/h1-3,6-7H,4-5,8-10,16-17H2,(H,18,20)(H,21,22)/t15-/m1/s1. The second-order valence-corrected chi connectivity index (χ2v) is 4.99. The first kappa shape index (κ1) is 17.8. The number of carbonyl (C=O) groups is 3. The average molecular weight is 307 g/mol. The molecular weight excluding hydrogens is 286 g/mol. The Labute approximate surface area is 128 Å². The van der Waals surface area contributed by atoms with Crippen molar-refractivity contribution in [1.29, 1.82) is 0 Å². The molecule has 0 heterocycles. The number of benzene rings is 1. The summed E-state index contributed by atoms with van der Waals surface area (Å²) in [6, 6.07) is 8.32. The Morgan fingerprint density at radius 2 is 1.77 bits per heavy atom. The second-order valence-electron chi connectivity index (χ2n) is 4.99. The average Bonchev–Trinajstić information content (AvgIpc) is 2.52. The van der Waals surface area contributed by atoms with E-state index in [1.807, 2.05) is 0 Å². The van der Waals surface area contributed by atoms with E-state index < -0.39 is 29.7 Å². The quantitative estimate of drug-likeness (QED) is 0.371. The number of carbonyl (C=O) groups excluding carboxylic acids is 2. The minimum Gasteiger partial charge on any atom is -0.480 e. The van der Waals surface area contributed by atoms with E-state index in [-0.39, 0.29) is 6.42 Å². The molecule has 1 aromatic rings. The van der Waals surface area contributed by atoms with Crippen LogP contribution in [0.25, 0.3) is 0 Å². The van der Waals surface area contributed by atoms with Crippen LogP contribution in [0.1, 0.15) is 29.6 Å². The van der Waals surface area contributed by atoms with Gasteiger partial charge in [0.2, 0.25) is 0 Å². The van der Waals surface area contributed by atoms with Crippen molar-refractivity contribution < 1.29 is 19.5 Å². The molecule has 1 aromatic carbocycles. The Balaban J connectivity index is 2.64. The number of carboxylic acid groups (broad SMARTS) is 1. The predicted octanol–water partition coefficient (Wildman–Crippen LogP) is -0.103. The molecule has 7 heteroatoms. The Hall–Kier alpha value is -2.25. The zero-order valence-corrected chi connectivity index (χ0v) is 12.2. The Kier molecular flexibility index (Phi) is 6.68. The summed E-state index contributed by atoms with van der Waals surface area (Å²) in [5.74, 6) is -2.59. The van der Waals surface area contributed by atoms with Crippen LogP contribution >= 0.6 is 0 Å². The fourth-order valence-electron chi connectivity index (χ4n) is 1.92. The van der Waals surface area contributed by atoms with E-state index in [4.69, 9.17) is 11.5 Å². The van der Waals surface area contributed by atoms with Crippen LogP contribution in [0.2, 0.25) is 0 Å². The van der Waals surface area contributed by atoms with E-state index in [1.54, 1.807) is 30.3 Å². The lowest BCUT2D eigenvalue weighted by molar-refractivity contribution is -0.148. The van der Waals surface area contributed by atoms with E-state index in [1.165, 1.54) is 0 Å². The lowest BCUT2D eigenvalue weighted by Crippen LogP contribution is -2.58. The highest BCUT2D eigenvalue weighted by Gasteiger charge is 2.41. The monoisotopic (exact) mass is 307 g/mol. The molecule has 22 heavy (non-hydrogen) atoms. The number of Topliss-reactive ketones (excluding diaryl/α,β-unsaturated/α-hetero) is 1. The van der Waals surface area contributed by atoms with E-state index >= 15 is 0 Å². The molecule has 0 radical (unpaired) electrons. The molecule has 0 bridgehead atoms. The maximum absolute atomic E-state index is 12.1. The van der Waals surface area contributed by atoms with Crippen molar-refractivity contribution in [2.45, 2.75) is 24.8 Å². The first-order chi connectivity index (χ1) is 10.4. The Morgan fingerprint density at radius 1 is 1.14 bits per heavy atom. The fraction of sp³-hybridized carbons (Fsp3) is 0.400. The number of aliphatic carboxylic acids is 1. The highest BCUT2D eigenvalue weighted by Crippen LogP contribution is 2.13. The zero-order chi connectivity index (χ0) is 16.6. The zero-order valence-electron chi connectivity index (χ0n) is 12.2. The van der Waals surface area contributed by atoms with Crippen LogP contribution in [-0.2, 0) is 9.59 Å². The maximum Gasteiger partial charge on any atom is 0.331 e. The van der Waals surface area contributed by atoms with Gasteiger partial charge in [-0.15, -0.1) is 0 Å². The van der Waals surface area contributed by atoms with Crippen molar-refractivity contribution in [2.75, 3.05) is 13.1 Å². The topological polar surface area (TPSA) is 136 Å². The minimum absolute atomic E-state index is 0.0143. The smallest absolute Gasteiger partial charge is 0.331 e. The van der Waals surface area contributed by atoms with Gasteiger partial charge in [-0.3, -0.25) is 9.59 Å². The lowest BCUT2D eigenvalue weighted by Gasteiger charge is -2.23. The van der Waals surface area contributed by atoms with Gasteiger partial charge < -0.3 is 21.9 Å². The third-order valence-corrected chi connectivity index (χ3v) is 3.35. The van der Waals surface area contributed by atoms with Gasteiger partial charge in [0.1, 0.15) is 0 Å². The number of nitrogens with two attached hydrogens (primary N) is 2. The van der Waals surface area contributed by atoms with Crippen molar-refractivity contribution in [3.63, 3.8) is 0 Å². The fourth-order valence-corrected chi connectivity index (χ4v) is 1.92. The van der Waals surface area contributed by atoms with E-state index in [0.29, 0.717) is 24.9 Å². The predicted molar refractivity (Wildman–Crippen MR) is 81.2 cm³/mol. The largest absolute Gasteiger partial charge is 0.480 e. The van der Waals surface area contributed by atoms with Gasteiger partial charge in [-0.1, -0.05) is 18.2 Å². The van der Waals surface area contributed by atoms with Gasteiger partial charge in [0.25, 0.3) is 5.91 Å². The molecule has 0 unspecified atom stereocenters. The summed E-state index contributed by atoms with van der Waals surface area (Å²) in [4.78, 5) is 35.2. The molecule has 120 valence electrons. The van der Waals surface area contributed by atoms with Crippen LogP contribution in [0.3, 0.4) is 0 Å². The molecule has 0 saturated carbocycles. The summed E-state index contributed by atoms with van der Waals surface area (Å²) in [6.45, 7) is -0.0339. The summed E-state index contributed by atoms with van der Waals surface area (Å²) in [6.07, 6.45) is 0.993. The first-order valence-corrected chi connectivity index (χ1v) is 7.00. The number of unbranched alkanes of at least 4 members (excludes halogenated alkanes) is 1. The third kappa shape index (κ3) is 4.64.